The van der Waals surface area contributed by atoms with Gasteiger partial charge in [-0.25, -0.2) is 4.39 Å². The van der Waals surface area contributed by atoms with Gasteiger partial charge in [-0.15, -0.1) is 0 Å². The average Bonchev–Trinajstić information content (AvgIpc) is 2.75. The van der Waals surface area contributed by atoms with Gasteiger partial charge in [-0.05, 0) is 47.0 Å². The highest BCUT2D eigenvalue weighted by Gasteiger charge is 2.12. The Labute approximate surface area is 168 Å². The van der Waals surface area contributed by atoms with Crippen LogP contribution in [0.3, 0.4) is 0 Å². The topological polar surface area (TPSA) is 62.1 Å². The van der Waals surface area contributed by atoms with Crippen molar-refractivity contribution in [2.24, 2.45) is 0 Å². The van der Waals surface area contributed by atoms with Crippen molar-refractivity contribution in [2.45, 2.75) is 6.42 Å². The molecule has 0 heterocycles. The average molecular weight is 386 g/mol. The molecule has 0 radical (unpaired) electrons. The zero-order valence-corrected chi connectivity index (χ0v) is 15.9. The molecule has 0 bridgehead atoms. The quantitative estimate of drug-likeness (QED) is 0.481. The zero-order chi connectivity index (χ0) is 20.6. The zero-order valence-electron chi connectivity index (χ0n) is 15.9. The Morgan fingerprint density at radius 2 is 1.79 bits per heavy atom. The van der Waals surface area contributed by atoms with Gasteiger partial charge >= 0.3 is 0 Å². The molecule has 0 aromatic heterocycles. The highest BCUT2D eigenvalue weighted by atomic mass is 19.1. The summed E-state index contributed by atoms with van der Waals surface area (Å²) >= 11 is 0. The maximum atomic E-state index is 13.9. The van der Waals surface area contributed by atoms with Gasteiger partial charge in [-0.2, -0.15) is 5.26 Å². The normalized spacial score (nSPS) is 10.9. The van der Waals surface area contributed by atoms with Crippen LogP contribution < -0.4 is 10.1 Å². The molecular formula is C24H19FN2O2. The summed E-state index contributed by atoms with van der Waals surface area (Å²) in [7, 11) is 1.53. The number of hydrogen-bond acceptors (Lipinski definition) is 3. The Balaban J connectivity index is 1.83. The highest BCUT2D eigenvalue weighted by molar-refractivity contribution is 6.09. The van der Waals surface area contributed by atoms with E-state index in [-0.39, 0.29) is 11.4 Å². The van der Waals surface area contributed by atoms with Gasteiger partial charge in [0.1, 0.15) is 23.2 Å². The Hall–Kier alpha value is -3.91. The van der Waals surface area contributed by atoms with Gasteiger partial charge in [0.05, 0.1) is 7.11 Å². The fourth-order valence-corrected chi connectivity index (χ4v) is 2.88. The molecule has 4 nitrogen and oxygen atoms in total. The van der Waals surface area contributed by atoms with Crippen LogP contribution in [-0.4, -0.2) is 13.0 Å². The van der Waals surface area contributed by atoms with Gasteiger partial charge in [-0.1, -0.05) is 48.5 Å². The molecule has 0 aliphatic heterocycles. The third-order valence-corrected chi connectivity index (χ3v) is 4.36. The van der Waals surface area contributed by atoms with Crippen molar-refractivity contribution in [3.63, 3.8) is 0 Å². The Morgan fingerprint density at radius 1 is 1.07 bits per heavy atom. The number of anilines is 1. The molecule has 0 aliphatic rings. The monoisotopic (exact) mass is 386 g/mol. The fraction of sp³-hybridized carbons (Fsp3) is 0.0833. The van der Waals surface area contributed by atoms with E-state index in [1.54, 1.807) is 60.7 Å². The van der Waals surface area contributed by atoms with Crippen molar-refractivity contribution >= 4 is 17.7 Å². The number of halogens is 1. The molecule has 0 aliphatic carbocycles. The molecule has 0 fully saturated rings. The number of nitrogens with one attached hydrogen (secondary N) is 1. The van der Waals surface area contributed by atoms with Crippen LogP contribution >= 0.6 is 0 Å². The molecule has 1 amide bonds. The number of benzene rings is 3. The van der Waals surface area contributed by atoms with Crippen LogP contribution in [0.4, 0.5) is 10.1 Å². The smallest absolute Gasteiger partial charge is 0.266 e. The van der Waals surface area contributed by atoms with Gasteiger partial charge in [-0.3, -0.25) is 4.79 Å². The van der Waals surface area contributed by atoms with E-state index in [9.17, 15) is 14.4 Å². The van der Waals surface area contributed by atoms with Gasteiger partial charge in [0.2, 0.25) is 0 Å². The van der Waals surface area contributed by atoms with Gasteiger partial charge in [0, 0.05) is 12.1 Å². The number of carbonyl (C=O) groups is 1. The number of nitrogens with zero attached hydrogens (tertiary/aromatic N) is 1. The van der Waals surface area contributed by atoms with Crippen molar-refractivity contribution in [3.05, 3.63) is 101 Å². The molecule has 0 spiro atoms. The number of hydrogen-bond donors (Lipinski definition) is 1. The van der Waals surface area contributed by atoms with Crippen molar-refractivity contribution < 1.29 is 13.9 Å². The Morgan fingerprint density at radius 3 is 2.48 bits per heavy atom. The SMILES string of the molecule is COc1cc(/C=C(\C#N)C(=O)Nc2ccccc2)ccc1Cc1ccccc1F. The number of methoxy groups -OCH3 is 1. The lowest BCUT2D eigenvalue weighted by molar-refractivity contribution is -0.112. The Bertz CT molecular complexity index is 1090. The Kier molecular flexibility index (Phi) is 6.39. The second kappa shape index (κ2) is 9.34. The summed E-state index contributed by atoms with van der Waals surface area (Å²) in [6.07, 6.45) is 1.87. The maximum absolute atomic E-state index is 13.9. The van der Waals surface area contributed by atoms with Crippen LogP contribution in [0.25, 0.3) is 6.08 Å². The number of ether oxygens (including phenoxy) is 1. The van der Waals surface area contributed by atoms with Crippen LogP contribution in [0.5, 0.6) is 5.75 Å². The minimum atomic E-state index is -0.493. The summed E-state index contributed by atoms with van der Waals surface area (Å²) in [4.78, 5) is 12.4. The second-order valence-corrected chi connectivity index (χ2v) is 6.33. The van der Waals surface area contributed by atoms with Crippen LogP contribution in [-0.2, 0) is 11.2 Å². The molecule has 144 valence electrons. The number of nitriles is 1. The summed E-state index contributed by atoms with van der Waals surface area (Å²) in [5.74, 6) is -0.210. The third-order valence-electron chi connectivity index (χ3n) is 4.36. The summed E-state index contributed by atoms with van der Waals surface area (Å²) in [6, 6.07) is 22.7. The van der Waals surface area contributed by atoms with Crippen LogP contribution in [0.2, 0.25) is 0 Å². The van der Waals surface area contributed by atoms with E-state index in [1.165, 1.54) is 19.3 Å². The molecule has 29 heavy (non-hydrogen) atoms. The van der Waals surface area contributed by atoms with Gasteiger partial charge < -0.3 is 10.1 Å². The number of para-hydroxylation sites is 1. The third kappa shape index (κ3) is 5.08. The number of carbonyl (C=O) groups excluding carboxylic acids is 1. The molecule has 3 rings (SSSR count). The predicted octanol–water partition coefficient (Wildman–Crippen LogP) is 4.97. The largest absolute Gasteiger partial charge is 0.496 e. The van der Waals surface area contributed by atoms with E-state index in [1.807, 2.05) is 12.1 Å². The molecule has 3 aromatic rings. The first-order chi connectivity index (χ1) is 14.1. The first-order valence-corrected chi connectivity index (χ1v) is 8.99. The van der Waals surface area contributed by atoms with E-state index in [0.29, 0.717) is 29.0 Å². The molecule has 0 saturated carbocycles. The van der Waals surface area contributed by atoms with E-state index in [4.69, 9.17) is 4.74 Å². The predicted molar refractivity (Wildman–Crippen MR) is 111 cm³/mol. The summed E-state index contributed by atoms with van der Waals surface area (Å²) in [6.45, 7) is 0. The van der Waals surface area contributed by atoms with Gasteiger partial charge in [0.25, 0.3) is 5.91 Å². The van der Waals surface area contributed by atoms with E-state index in [0.717, 1.165) is 5.56 Å². The minimum absolute atomic E-state index is 0.0299. The summed E-state index contributed by atoms with van der Waals surface area (Å²) in [5, 5.41) is 12.1. The number of rotatable bonds is 6. The van der Waals surface area contributed by atoms with E-state index >= 15 is 0 Å². The minimum Gasteiger partial charge on any atom is -0.496 e. The molecule has 1 N–H and O–H groups in total. The van der Waals surface area contributed by atoms with Gasteiger partial charge in [0.15, 0.2) is 0 Å². The highest BCUT2D eigenvalue weighted by Crippen LogP contribution is 2.25. The lowest BCUT2D eigenvalue weighted by atomic mass is 10.0. The van der Waals surface area contributed by atoms with Crippen molar-refractivity contribution in [1.82, 2.24) is 0 Å². The molecule has 5 heteroatoms. The van der Waals surface area contributed by atoms with E-state index in [2.05, 4.69) is 5.32 Å². The fourth-order valence-electron chi connectivity index (χ4n) is 2.88. The maximum Gasteiger partial charge on any atom is 0.266 e. The van der Waals surface area contributed by atoms with Crippen molar-refractivity contribution in [2.75, 3.05) is 12.4 Å². The molecular weight excluding hydrogens is 367 g/mol. The lowest BCUT2D eigenvalue weighted by Gasteiger charge is -2.10. The van der Waals surface area contributed by atoms with Crippen molar-refractivity contribution in [1.29, 1.82) is 5.26 Å². The molecule has 0 unspecified atom stereocenters. The van der Waals surface area contributed by atoms with E-state index < -0.39 is 5.91 Å². The summed E-state index contributed by atoms with van der Waals surface area (Å²) < 4.78 is 19.4. The first kappa shape index (κ1) is 19.8. The van der Waals surface area contributed by atoms with Crippen LogP contribution in [0.1, 0.15) is 16.7 Å². The number of amides is 1. The standard InChI is InChI=1S/C24H19FN2O2/c1-29-23-14-17(11-12-19(23)15-18-7-5-6-10-22(18)25)13-20(16-26)24(28)27-21-8-3-2-4-9-21/h2-14H,15H2,1H3,(H,27,28)/b20-13+. The molecule has 0 atom stereocenters. The molecule has 3 aromatic carbocycles. The summed E-state index contributed by atoms with van der Waals surface area (Å²) in [5.41, 5.74) is 2.59. The molecule has 0 saturated heterocycles. The lowest BCUT2D eigenvalue weighted by Crippen LogP contribution is -2.13. The van der Waals surface area contributed by atoms with Crippen LogP contribution in [0.15, 0.2) is 78.4 Å². The van der Waals surface area contributed by atoms with Crippen LogP contribution in [0, 0.1) is 17.1 Å². The first-order valence-electron chi connectivity index (χ1n) is 8.99. The second-order valence-electron chi connectivity index (χ2n) is 6.33. The van der Waals surface area contributed by atoms with Crippen molar-refractivity contribution in [3.8, 4) is 11.8 Å².